The van der Waals surface area contributed by atoms with Gasteiger partial charge in [-0.1, -0.05) is 44.0 Å². The molecule has 5 heteroatoms. The van der Waals surface area contributed by atoms with Gasteiger partial charge < -0.3 is 9.64 Å². The van der Waals surface area contributed by atoms with Crippen molar-refractivity contribution >= 4 is 37.8 Å². The Morgan fingerprint density at radius 2 is 2.05 bits per heavy atom. The molecule has 112 valence electrons. The summed E-state index contributed by atoms with van der Waals surface area (Å²) in [5.41, 5.74) is -0.239. The van der Waals surface area contributed by atoms with Crippen LogP contribution in [0.3, 0.4) is 0 Å². The van der Waals surface area contributed by atoms with Crippen LogP contribution < -0.4 is 4.90 Å². The maximum absolute atomic E-state index is 12.1. The molecule has 3 atom stereocenters. The molecule has 0 aromatic carbocycles. The molecule has 3 unspecified atom stereocenters. The molecule has 2 aliphatic carbocycles. The van der Waals surface area contributed by atoms with Gasteiger partial charge in [0.05, 0.1) is 20.1 Å². The molecule has 0 radical (unpaired) electrons. The van der Waals surface area contributed by atoms with E-state index in [9.17, 15) is 4.79 Å². The molecule has 0 spiro atoms. The molecule has 0 aromatic heterocycles. The second-order valence-electron chi connectivity index (χ2n) is 6.60. The number of carbonyl (C=O) groups is 1. The van der Waals surface area contributed by atoms with E-state index in [2.05, 4.69) is 51.1 Å². The van der Waals surface area contributed by atoms with Crippen molar-refractivity contribution in [2.75, 3.05) is 20.1 Å². The second-order valence-corrected chi connectivity index (χ2v) is 9.66. The van der Waals surface area contributed by atoms with Crippen LogP contribution in [0.5, 0.6) is 0 Å². The van der Waals surface area contributed by atoms with E-state index in [1.54, 1.807) is 4.90 Å². The van der Waals surface area contributed by atoms with Crippen LogP contribution >= 0.6 is 31.9 Å². The highest BCUT2D eigenvalue weighted by Gasteiger charge is 2.56. The molecular formula is C15H22Br2NO2+. The molecule has 1 saturated heterocycles. The van der Waals surface area contributed by atoms with E-state index in [-0.39, 0.29) is 11.6 Å². The maximum Gasteiger partial charge on any atom is 0.331 e. The highest BCUT2D eigenvalue weighted by atomic mass is 79.9. The normalized spacial score (nSPS) is 43.2. The molecule has 3 rings (SSSR count). The quantitative estimate of drug-likeness (QED) is 0.440. The van der Waals surface area contributed by atoms with Gasteiger partial charge in [-0.2, -0.15) is 0 Å². The Morgan fingerprint density at radius 1 is 1.35 bits per heavy atom. The third kappa shape index (κ3) is 2.61. The zero-order valence-electron chi connectivity index (χ0n) is 11.8. The summed E-state index contributed by atoms with van der Waals surface area (Å²) in [7, 11) is 2.25. The van der Waals surface area contributed by atoms with Crippen molar-refractivity contribution in [2.24, 2.45) is 17.8 Å². The van der Waals surface area contributed by atoms with E-state index in [1.165, 1.54) is 32.4 Å². The first-order valence-electron chi connectivity index (χ1n) is 7.52. The summed E-state index contributed by atoms with van der Waals surface area (Å²) in [6.45, 7) is 2.38. The predicted molar refractivity (Wildman–Crippen MR) is 85.2 cm³/mol. The number of alkyl halides is 2. The third-order valence-electron chi connectivity index (χ3n) is 5.38. The van der Waals surface area contributed by atoms with Gasteiger partial charge in [0.15, 0.2) is 3.74 Å². The molecule has 0 amide bonds. The molecular weight excluding hydrogens is 386 g/mol. The Labute approximate surface area is 137 Å². The predicted octanol–water partition coefficient (Wildman–Crippen LogP) is 1.91. The number of hydrogen-bond acceptors (Lipinski definition) is 2. The number of ether oxygens (including phenoxy) is 1. The van der Waals surface area contributed by atoms with E-state index in [0.717, 1.165) is 6.42 Å². The van der Waals surface area contributed by atoms with Gasteiger partial charge in [0.2, 0.25) is 0 Å². The number of allylic oxidation sites excluding steroid dienone is 1. The monoisotopic (exact) mass is 406 g/mol. The van der Waals surface area contributed by atoms with Gasteiger partial charge in [-0.15, -0.1) is 0 Å². The fraction of sp³-hybridized carbons (Fsp3) is 0.800. The van der Waals surface area contributed by atoms with E-state index in [1.807, 2.05) is 0 Å². The van der Waals surface area contributed by atoms with Crippen LogP contribution in [0.4, 0.5) is 0 Å². The first-order valence-corrected chi connectivity index (χ1v) is 9.35. The summed E-state index contributed by atoms with van der Waals surface area (Å²) in [4.78, 5) is 13.7. The third-order valence-corrected chi connectivity index (χ3v) is 6.13. The molecule has 3 aliphatic rings. The molecule has 1 heterocycles. The Morgan fingerprint density at radius 3 is 2.55 bits per heavy atom. The first kappa shape index (κ1) is 15.0. The number of quaternary nitrogens is 1. The van der Waals surface area contributed by atoms with Gasteiger partial charge in [0.25, 0.3) is 0 Å². The lowest BCUT2D eigenvalue weighted by atomic mass is 9.72. The summed E-state index contributed by atoms with van der Waals surface area (Å²) in [6.07, 6.45) is 9.15. The van der Waals surface area contributed by atoms with Gasteiger partial charge in [0.1, 0.15) is 5.60 Å². The van der Waals surface area contributed by atoms with Crippen LogP contribution in [-0.4, -0.2) is 35.4 Å². The Bertz CT molecular complexity index is 418. The average Bonchev–Trinajstić information content (AvgIpc) is 3.00. The van der Waals surface area contributed by atoms with E-state index < -0.39 is 3.74 Å². The summed E-state index contributed by atoms with van der Waals surface area (Å²) >= 11 is 6.56. The number of carbonyl (C=O) groups excluding carboxylic acids is 1. The molecule has 2 bridgehead atoms. The Kier molecular flexibility index (Phi) is 4.31. The molecule has 2 fully saturated rings. The van der Waals surface area contributed by atoms with Crippen molar-refractivity contribution in [3.05, 3.63) is 12.2 Å². The number of nitrogens with one attached hydrogen (secondary N) is 1. The summed E-state index contributed by atoms with van der Waals surface area (Å²) < 4.78 is 5.68. The minimum absolute atomic E-state index is 0.169. The van der Waals surface area contributed by atoms with E-state index in [4.69, 9.17) is 4.74 Å². The van der Waals surface area contributed by atoms with Gasteiger partial charge in [-0.05, 0) is 18.8 Å². The zero-order chi connectivity index (χ0) is 14.3. The molecule has 1 aliphatic heterocycles. The Hall–Kier alpha value is 0.130. The topological polar surface area (TPSA) is 30.7 Å². The van der Waals surface area contributed by atoms with Crippen molar-refractivity contribution in [2.45, 2.75) is 35.0 Å². The van der Waals surface area contributed by atoms with E-state index >= 15 is 0 Å². The number of halogens is 2. The van der Waals surface area contributed by atoms with Crippen LogP contribution in [0.1, 0.15) is 25.7 Å². The van der Waals surface area contributed by atoms with Gasteiger partial charge >= 0.3 is 5.97 Å². The number of hydrogen-bond donors (Lipinski definition) is 1. The fourth-order valence-electron chi connectivity index (χ4n) is 4.35. The van der Waals surface area contributed by atoms with Crippen molar-refractivity contribution in [3.8, 4) is 0 Å². The SMILES string of the molecule is C[NH+]1CCC(C2(OC(=O)C(Br)Br)CC3C=CC2C3)CC1. The van der Waals surface area contributed by atoms with Crippen molar-refractivity contribution in [1.29, 1.82) is 0 Å². The molecule has 1 N–H and O–H groups in total. The maximum atomic E-state index is 12.1. The molecule has 20 heavy (non-hydrogen) atoms. The van der Waals surface area contributed by atoms with E-state index in [0.29, 0.717) is 17.8 Å². The zero-order valence-corrected chi connectivity index (χ0v) is 15.0. The van der Waals surface area contributed by atoms with Crippen LogP contribution in [0.2, 0.25) is 0 Å². The minimum atomic E-state index is -0.396. The van der Waals surface area contributed by atoms with Crippen LogP contribution in [0.15, 0.2) is 12.2 Å². The lowest BCUT2D eigenvalue weighted by Crippen LogP contribution is -3.10. The van der Waals surface area contributed by atoms with Crippen molar-refractivity contribution in [1.82, 2.24) is 0 Å². The minimum Gasteiger partial charge on any atom is -0.457 e. The van der Waals surface area contributed by atoms with Crippen LogP contribution in [0, 0.1) is 17.8 Å². The summed E-state index contributed by atoms with van der Waals surface area (Å²) in [6, 6.07) is 0. The van der Waals surface area contributed by atoms with Crippen molar-refractivity contribution < 1.29 is 14.4 Å². The highest BCUT2D eigenvalue weighted by molar-refractivity contribution is 9.25. The molecule has 1 saturated carbocycles. The number of piperidine rings is 1. The average molecular weight is 408 g/mol. The second kappa shape index (κ2) is 5.73. The number of rotatable bonds is 3. The number of fused-ring (bicyclic) bond motifs is 2. The lowest BCUT2D eigenvalue weighted by Gasteiger charge is -2.44. The first-order chi connectivity index (χ1) is 9.51. The summed E-state index contributed by atoms with van der Waals surface area (Å²) in [5, 5.41) is 0. The van der Waals surface area contributed by atoms with Crippen LogP contribution in [0.25, 0.3) is 0 Å². The number of likely N-dealkylation sites (tertiary alicyclic amines) is 1. The summed E-state index contributed by atoms with van der Waals surface area (Å²) in [5.74, 6) is 1.40. The highest BCUT2D eigenvalue weighted by Crippen LogP contribution is 2.54. The van der Waals surface area contributed by atoms with Gasteiger partial charge in [0, 0.05) is 24.7 Å². The molecule has 0 aromatic rings. The van der Waals surface area contributed by atoms with Crippen molar-refractivity contribution in [3.63, 3.8) is 0 Å². The van der Waals surface area contributed by atoms with Gasteiger partial charge in [-0.25, -0.2) is 4.79 Å². The smallest absolute Gasteiger partial charge is 0.331 e. The fourth-order valence-corrected chi connectivity index (χ4v) is 4.54. The standard InChI is InChI=1S/C15H21Br2NO2/c1-18-6-4-11(5-7-18)15(20-14(19)13(16)17)9-10-2-3-12(15)8-10/h2-3,10-13H,4-9H2,1H3/p+1. The largest absolute Gasteiger partial charge is 0.457 e. The van der Waals surface area contributed by atoms with Crippen LogP contribution in [-0.2, 0) is 9.53 Å². The number of esters is 1. The lowest BCUT2D eigenvalue weighted by molar-refractivity contribution is -0.886. The molecule has 3 nitrogen and oxygen atoms in total. The Balaban J connectivity index is 1.81. The van der Waals surface area contributed by atoms with Gasteiger partial charge in [-0.3, -0.25) is 0 Å².